The Morgan fingerprint density at radius 3 is 2.00 bits per heavy atom. The van der Waals surface area contributed by atoms with Crippen LogP contribution in [0.1, 0.15) is 26.2 Å². The van der Waals surface area contributed by atoms with E-state index in [0.29, 0.717) is 0 Å². The molecule has 0 aromatic rings. The van der Waals surface area contributed by atoms with Gasteiger partial charge in [0.2, 0.25) is 0 Å². The van der Waals surface area contributed by atoms with E-state index in [2.05, 4.69) is 6.92 Å². The minimum Gasteiger partial charge on any atom is -0.0620 e. The fourth-order valence-corrected chi connectivity index (χ4v) is 2.18. The van der Waals surface area contributed by atoms with Gasteiger partial charge in [-0.3, -0.25) is 0 Å². The lowest BCUT2D eigenvalue weighted by molar-refractivity contribution is 0.628. The summed E-state index contributed by atoms with van der Waals surface area (Å²) in [7, 11) is 0. The van der Waals surface area contributed by atoms with Crippen molar-refractivity contribution in [2.45, 2.75) is 26.2 Å². The van der Waals surface area contributed by atoms with E-state index in [1.165, 1.54) is 18.3 Å². The van der Waals surface area contributed by atoms with Crippen LogP contribution in [0.5, 0.6) is 0 Å². The lowest BCUT2D eigenvalue weighted by Crippen LogP contribution is -1.77. The molecule has 40 valence electrons. The van der Waals surface area contributed by atoms with Crippen LogP contribution in [0.4, 0.5) is 0 Å². The summed E-state index contributed by atoms with van der Waals surface area (Å²) >= 11 is 0. The first-order chi connectivity index (χ1) is 3.39. The van der Waals surface area contributed by atoms with E-state index in [-0.39, 0.29) is 0 Å². The first kappa shape index (κ1) is 3.94. The molecular formula is C7H12. The summed E-state index contributed by atoms with van der Waals surface area (Å²) in [6, 6.07) is 0. The van der Waals surface area contributed by atoms with E-state index < -0.39 is 0 Å². The number of hydrogen-bond donors (Lipinski definition) is 0. The summed E-state index contributed by atoms with van der Waals surface area (Å²) in [4.78, 5) is 0. The minimum absolute atomic E-state index is 1.12. The standard InChI is InChI=1S/C7H12/c1-5-6-3-2-4-7(5)6/h5-7H,2-4H2,1H3/t5?,6-,7?/m0/s1. The zero-order chi connectivity index (χ0) is 4.85. The highest BCUT2D eigenvalue weighted by Gasteiger charge is 2.48. The molecule has 0 bridgehead atoms. The van der Waals surface area contributed by atoms with Crippen LogP contribution in [0.3, 0.4) is 0 Å². The lowest BCUT2D eigenvalue weighted by Gasteiger charge is -1.89. The van der Waals surface area contributed by atoms with Crippen LogP contribution in [0.25, 0.3) is 0 Å². The van der Waals surface area contributed by atoms with Crippen LogP contribution in [0.15, 0.2) is 0 Å². The molecule has 2 aliphatic carbocycles. The van der Waals surface area contributed by atoms with Crippen LogP contribution in [-0.4, -0.2) is 0 Å². The molecule has 3 atom stereocenters. The number of fused-ring (bicyclic) bond motifs is 1. The third kappa shape index (κ3) is 0.375. The van der Waals surface area contributed by atoms with Gasteiger partial charge in [-0.15, -0.1) is 0 Å². The van der Waals surface area contributed by atoms with Gasteiger partial charge in [0, 0.05) is 0 Å². The molecule has 0 heterocycles. The molecule has 0 saturated heterocycles. The largest absolute Gasteiger partial charge is 0.0620 e. The summed E-state index contributed by atoms with van der Waals surface area (Å²) in [6.07, 6.45) is 4.62. The van der Waals surface area contributed by atoms with E-state index in [0.717, 1.165) is 5.92 Å². The highest BCUT2D eigenvalue weighted by Crippen LogP contribution is 2.56. The Kier molecular flexibility index (Phi) is 0.586. The van der Waals surface area contributed by atoms with Crippen LogP contribution in [0, 0.1) is 17.8 Å². The first-order valence-electron chi connectivity index (χ1n) is 3.39. The van der Waals surface area contributed by atoms with E-state index in [9.17, 15) is 0 Å². The molecule has 2 unspecified atom stereocenters. The van der Waals surface area contributed by atoms with Gasteiger partial charge in [-0.2, -0.15) is 0 Å². The second kappa shape index (κ2) is 1.04. The summed E-state index contributed by atoms with van der Waals surface area (Å²) in [5.74, 6) is 3.48. The predicted molar refractivity (Wildman–Crippen MR) is 30.0 cm³/mol. The maximum atomic E-state index is 2.40. The van der Waals surface area contributed by atoms with E-state index in [1.807, 2.05) is 0 Å². The van der Waals surface area contributed by atoms with Gasteiger partial charge in [-0.1, -0.05) is 13.3 Å². The van der Waals surface area contributed by atoms with Gasteiger partial charge in [-0.25, -0.2) is 0 Å². The zero-order valence-electron chi connectivity index (χ0n) is 4.85. The van der Waals surface area contributed by atoms with Gasteiger partial charge in [0.05, 0.1) is 0 Å². The van der Waals surface area contributed by atoms with Crippen molar-refractivity contribution >= 4 is 0 Å². The summed E-state index contributed by atoms with van der Waals surface area (Å²) in [6.45, 7) is 2.40. The van der Waals surface area contributed by atoms with Crippen molar-refractivity contribution in [1.29, 1.82) is 0 Å². The summed E-state index contributed by atoms with van der Waals surface area (Å²) in [5.41, 5.74) is 0. The van der Waals surface area contributed by atoms with Crippen molar-refractivity contribution in [2.75, 3.05) is 0 Å². The molecule has 0 aromatic carbocycles. The summed E-state index contributed by atoms with van der Waals surface area (Å²) < 4.78 is 0. The number of hydrogen-bond acceptors (Lipinski definition) is 0. The fourth-order valence-electron chi connectivity index (χ4n) is 2.18. The first-order valence-corrected chi connectivity index (χ1v) is 3.39. The SMILES string of the molecule is CC1C2CCC[C@@H]12. The molecule has 2 aliphatic rings. The van der Waals surface area contributed by atoms with Gasteiger partial charge in [0.1, 0.15) is 0 Å². The van der Waals surface area contributed by atoms with Crippen LogP contribution in [0.2, 0.25) is 0 Å². The molecule has 0 amide bonds. The Bertz CT molecular complexity index is 76.0. The average molecular weight is 96.2 g/mol. The molecule has 2 rings (SSSR count). The van der Waals surface area contributed by atoms with Crippen LogP contribution < -0.4 is 0 Å². The van der Waals surface area contributed by atoms with E-state index in [4.69, 9.17) is 0 Å². The van der Waals surface area contributed by atoms with Crippen molar-refractivity contribution < 1.29 is 0 Å². The summed E-state index contributed by atoms with van der Waals surface area (Å²) in [5, 5.41) is 0. The Hall–Kier alpha value is 0. The predicted octanol–water partition coefficient (Wildman–Crippen LogP) is 2.05. The molecular weight excluding hydrogens is 84.1 g/mol. The molecule has 0 N–H and O–H groups in total. The maximum Gasteiger partial charge on any atom is -0.0355 e. The van der Waals surface area contributed by atoms with Gasteiger partial charge in [0.15, 0.2) is 0 Å². The van der Waals surface area contributed by atoms with Gasteiger partial charge >= 0.3 is 0 Å². The lowest BCUT2D eigenvalue weighted by atomic mass is 10.2. The topological polar surface area (TPSA) is 0 Å². The average Bonchev–Trinajstić information content (AvgIpc) is 2.26. The Morgan fingerprint density at radius 2 is 1.71 bits per heavy atom. The highest BCUT2D eigenvalue weighted by atomic mass is 14.5. The third-order valence-electron chi connectivity index (χ3n) is 2.83. The molecule has 0 aromatic heterocycles. The van der Waals surface area contributed by atoms with Gasteiger partial charge in [0.25, 0.3) is 0 Å². The molecule has 0 heteroatoms. The molecule has 0 nitrogen and oxygen atoms in total. The number of rotatable bonds is 0. The van der Waals surface area contributed by atoms with Crippen molar-refractivity contribution in [3.8, 4) is 0 Å². The maximum absolute atomic E-state index is 2.40. The molecule has 0 radical (unpaired) electrons. The fraction of sp³-hybridized carbons (Fsp3) is 1.00. The Labute approximate surface area is 44.9 Å². The molecule has 7 heavy (non-hydrogen) atoms. The monoisotopic (exact) mass is 96.1 g/mol. The van der Waals surface area contributed by atoms with Crippen molar-refractivity contribution in [1.82, 2.24) is 0 Å². The molecule has 0 aliphatic heterocycles. The van der Waals surface area contributed by atoms with Crippen LogP contribution >= 0.6 is 0 Å². The van der Waals surface area contributed by atoms with Crippen molar-refractivity contribution in [3.63, 3.8) is 0 Å². The van der Waals surface area contributed by atoms with E-state index >= 15 is 0 Å². The van der Waals surface area contributed by atoms with Crippen LogP contribution in [-0.2, 0) is 0 Å². The minimum atomic E-state index is 1.12. The Balaban J connectivity index is 2.06. The van der Waals surface area contributed by atoms with E-state index in [1.54, 1.807) is 12.8 Å². The normalized spacial score (nSPS) is 57.0. The highest BCUT2D eigenvalue weighted by molar-refractivity contribution is 4.98. The van der Waals surface area contributed by atoms with Gasteiger partial charge in [-0.05, 0) is 30.6 Å². The second-order valence-electron chi connectivity index (χ2n) is 3.12. The quantitative estimate of drug-likeness (QED) is 0.433. The smallest absolute Gasteiger partial charge is 0.0355 e. The van der Waals surface area contributed by atoms with Crippen molar-refractivity contribution in [2.24, 2.45) is 17.8 Å². The molecule has 0 spiro atoms. The second-order valence-corrected chi connectivity index (χ2v) is 3.12. The Morgan fingerprint density at radius 1 is 1.14 bits per heavy atom. The third-order valence-corrected chi connectivity index (χ3v) is 2.83. The van der Waals surface area contributed by atoms with Gasteiger partial charge < -0.3 is 0 Å². The molecule has 2 fully saturated rings. The van der Waals surface area contributed by atoms with Crippen molar-refractivity contribution in [3.05, 3.63) is 0 Å². The zero-order valence-corrected chi connectivity index (χ0v) is 4.85. The molecule has 2 saturated carbocycles.